The second kappa shape index (κ2) is 8.42. The maximum Gasteiger partial charge on any atom is 0.314 e. The van der Waals surface area contributed by atoms with E-state index in [1.165, 1.54) is 0 Å². The van der Waals surface area contributed by atoms with E-state index in [2.05, 4.69) is 0 Å². The van der Waals surface area contributed by atoms with Crippen molar-refractivity contribution in [2.45, 2.75) is 51.6 Å². The fraction of sp³-hybridized carbons (Fsp3) is 0.421. The monoisotopic (exact) mass is 314 g/mol. The minimum atomic E-state index is -0.573. The summed E-state index contributed by atoms with van der Waals surface area (Å²) in [5, 5.41) is 0. The molecule has 0 radical (unpaired) electrons. The average Bonchev–Trinajstić information content (AvgIpc) is 2.55. The Morgan fingerprint density at radius 2 is 1.96 bits per heavy atom. The third-order valence-corrected chi connectivity index (χ3v) is 3.87. The molecule has 0 bridgehead atoms. The van der Waals surface area contributed by atoms with Crippen LogP contribution in [0.4, 0.5) is 0 Å². The van der Waals surface area contributed by atoms with E-state index < -0.39 is 12.1 Å². The molecule has 1 aromatic carbocycles. The third-order valence-electron chi connectivity index (χ3n) is 3.87. The minimum Gasteiger partial charge on any atom is -0.457 e. The quantitative estimate of drug-likeness (QED) is 0.438. The number of carbonyl (C=O) groups is 3. The van der Waals surface area contributed by atoms with Crippen molar-refractivity contribution in [1.82, 2.24) is 0 Å². The van der Waals surface area contributed by atoms with Gasteiger partial charge >= 0.3 is 5.97 Å². The van der Waals surface area contributed by atoms with Crippen molar-refractivity contribution in [2.75, 3.05) is 0 Å². The lowest BCUT2D eigenvalue weighted by Crippen LogP contribution is -2.27. The van der Waals surface area contributed by atoms with E-state index in [0.29, 0.717) is 24.0 Å². The zero-order valence-corrected chi connectivity index (χ0v) is 13.4. The van der Waals surface area contributed by atoms with Gasteiger partial charge in [0.2, 0.25) is 0 Å². The van der Waals surface area contributed by atoms with Gasteiger partial charge in [-0.05, 0) is 19.3 Å². The molecule has 0 fully saturated rings. The fourth-order valence-corrected chi connectivity index (χ4v) is 2.69. The van der Waals surface area contributed by atoms with Crippen LogP contribution in [-0.4, -0.2) is 23.6 Å². The Balaban J connectivity index is 1.99. The van der Waals surface area contributed by atoms with E-state index in [9.17, 15) is 14.4 Å². The summed E-state index contributed by atoms with van der Waals surface area (Å²) in [6.45, 7) is 1.98. The lowest BCUT2D eigenvalue weighted by Gasteiger charge is -2.22. The van der Waals surface area contributed by atoms with E-state index in [0.717, 1.165) is 19.3 Å². The zero-order valence-electron chi connectivity index (χ0n) is 13.4. The summed E-state index contributed by atoms with van der Waals surface area (Å²) >= 11 is 0. The Hall–Kier alpha value is -2.23. The number of ketones is 2. The Morgan fingerprint density at radius 1 is 1.22 bits per heavy atom. The molecule has 1 unspecified atom stereocenters. The smallest absolute Gasteiger partial charge is 0.314 e. The van der Waals surface area contributed by atoms with Gasteiger partial charge in [-0.25, -0.2) is 0 Å². The van der Waals surface area contributed by atoms with Crippen LogP contribution < -0.4 is 0 Å². The van der Waals surface area contributed by atoms with Crippen LogP contribution in [0.25, 0.3) is 0 Å². The lowest BCUT2D eigenvalue weighted by molar-refractivity contribution is -0.146. The molecule has 2 rings (SSSR count). The zero-order chi connectivity index (χ0) is 16.7. The molecule has 0 amide bonds. The number of benzene rings is 1. The molecule has 23 heavy (non-hydrogen) atoms. The second-order valence-corrected chi connectivity index (χ2v) is 5.71. The predicted octanol–water partition coefficient (Wildman–Crippen LogP) is 3.65. The number of rotatable bonds is 7. The Labute approximate surface area is 136 Å². The molecule has 4 nitrogen and oxygen atoms in total. The number of esters is 1. The van der Waals surface area contributed by atoms with Gasteiger partial charge in [-0.15, -0.1) is 0 Å². The summed E-state index contributed by atoms with van der Waals surface area (Å²) in [4.78, 5) is 36.1. The van der Waals surface area contributed by atoms with Crippen LogP contribution in [0, 0.1) is 0 Å². The number of Topliss-reactive ketones (excluding diaryl/α,β-unsaturated/α-hetero) is 2. The van der Waals surface area contributed by atoms with E-state index in [1.807, 2.05) is 19.1 Å². The van der Waals surface area contributed by atoms with Gasteiger partial charge < -0.3 is 4.74 Å². The van der Waals surface area contributed by atoms with Crippen LogP contribution in [0.3, 0.4) is 0 Å². The maximum atomic E-state index is 12.1. The molecule has 1 atom stereocenters. The number of hydrogen-bond acceptors (Lipinski definition) is 4. The van der Waals surface area contributed by atoms with Crippen molar-refractivity contribution in [3.05, 3.63) is 47.5 Å². The lowest BCUT2D eigenvalue weighted by atomic mass is 9.92. The Kier molecular flexibility index (Phi) is 6.27. The molecule has 0 saturated heterocycles. The van der Waals surface area contributed by atoms with E-state index >= 15 is 0 Å². The molecule has 1 aliphatic rings. The molecular formula is C19H22O4. The molecule has 1 aromatic rings. The second-order valence-electron chi connectivity index (χ2n) is 5.71. The summed E-state index contributed by atoms with van der Waals surface area (Å²) in [6.07, 6.45) is 4.64. The van der Waals surface area contributed by atoms with E-state index in [-0.39, 0.29) is 18.0 Å². The first-order valence-electron chi connectivity index (χ1n) is 8.12. The van der Waals surface area contributed by atoms with Gasteiger partial charge in [0.05, 0.1) is 0 Å². The summed E-state index contributed by atoms with van der Waals surface area (Å²) < 4.78 is 5.44. The van der Waals surface area contributed by atoms with Crippen molar-refractivity contribution in [3.8, 4) is 0 Å². The van der Waals surface area contributed by atoms with Crippen LogP contribution in [0.5, 0.6) is 0 Å². The SMILES string of the molecule is CCCC(OC(=O)CC(=O)c1ccccc1)C1=CCCCC1=O. The van der Waals surface area contributed by atoms with Crippen molar-refractivity contribution in [1.29, 1.82) is 0 Å². The third kappa shape index (κ3) is 4.88. The van der Waals surface area contributed by atoms with E-state index in [1.54, 1.807) is 24.3 Å². The molecular weight excluding hydrogens is 292 g/mol. The highest BCUT2D eigenvalue weighted by Crippen LogP contribution is 2.22. The highest BCUT2D eigenvalue weighted by molar-refractivity contribution is 6.06. The van der Waals surface area contributed by atoms with Gasteiger partial charge in [0, 0.05) is 17.6 Å². The van der Waals surface area contributed by atoms with Gasteiger partial charge in [-0.1, -0.05) is 49.8 Å². The largest absolute Gasteiger partial charge is 0.457 e. The Morgan fingerprint density at radius 3 is 2.61 bits per heavy atom. The first-order chi connectivity index (χ1) is 11.1. The van der Waals surface area contributed by atoms with Crippen molar-refractivity contribution in [3.63, 3.8) is 0 Å². The van der Waals surface area contributed by atoms with Crippen LogP contribution in [0.15, 0.2) is 42.0 Å². The topological polar surface area (TPSA) is 60.4 Å². The summed E-state index contributed by atoms with van der Waals surface area (Å²) in [7, 11) is 0. The predicted molar refractivity (Wildman–Crippen MR) is 87.1 cm³/mol. The van der Waals surface area contributed by atoms with Crippen LogP contribution in [0.2, 0.25) is 0 Å². The molecule has 0 aromatic heterocycles. The van der Waals surface area contributed by atoms with Crippen LogP contribution in [-0.2, 0) is 14.3 Å². The number of carbonyl (C=O) groups excluding carboxylic acids is 3. The standard InChI is InChI=1S/C19H22O4/c1-2-8-18(15-11-6-7-12-16(15)20)23-19(22)13-17(21)14-9-4-3-5-10-14/h3-5,9-11,18H,2,6-8,12-13H2,1H3. The molecule has 0 heterocycles. The van der Waals surface area contributed by atoms with Crippen molar-refractivity contribution in [2.24, 2.45) is 0 Å². The van der Waals surface area contributed by atoms with Gasteiger partial charge in [0.1, 0.15) is 12.5 Å². The number of allylic oxidation sites excluding steroid dienone is 1. The summed E-state index contributed by atoms with van der Waals surface area (Å²) in [5.74, 6) is -0.789. The van der Waals surface area contributed by atoms with E-state index in [4.69, 9.17) is 4.74 Å². The summed E-state index contributed by atoms with van der Waals surface area (Å²) in [5.41, 5.74) is 1.09. The fourth-order valence-electron chi connectivity index (χ4n) is 2.69. The normalized spacial score (nSPS) is 15.7. The average molecular weight is 314 g/mol. The first kappa shape index (κ1) is 17.1. The maximum absolute atomic E-state index is 12.1. The highest BCUT2D eigenvalue weighted by Gasteiger charge is 2.26. The molecule has 0 spiro atoms. The molecule has 1 aliphatic carbocycles. The Bertz CT molecular complexity index is 601. The molecule has 4 heteroatoms. The molecule has 122 valence electrons. The summed E-state index contributed by atoms with van der Waals surface area (Å²) in [6, 6.07) is 8.67. The van der Waals surface area contributed by atoms with Crippen molar-refractivity contribution >= 4 is 17.5 Å². The number of hydrogen-bond donors (Lipinski definition) is 0. The van der Waals surface area contributed by atoms with Gasteiger partial charge in [0.25, 0.3) is 0 Å². The first-order valence-corrected chi connectivity index (χ1v) is 8.12. The minimum absolute atomic E-state index is 0.0527. The van der Waals surface area contributed by atoms with Crippen LogP contribution >= 0.6 is 0 Å². The molecule has 0 N–H and O–H groups in total. The van der Waals surface area contributed by atoms with Gasteiger partial charge in [0.15, 0.2) is 11.6 Å². The van der Waals surface area contributed by atoms with Gasteiger partial charge in [-0.2, -0.15) is 0 Å². The van der Waals surface area contributed by atoms with Crippen molar-refractivity contribution < 1.29 is 19.1 Å². The molecule has 0 aliphatic heterocycles. The van der Waals surface area contributed by atoms with Crippen LogP contribution in [0.1, 0.15) is 55.8 Å². The number of ether oxygens (including phenoxy) is 1. The molecule has 0 saturated carbocycles. The van der Waals surface area contributed by atoms with Gasteiger partial charge in [-0.3, -0.25) is 14.4 Å². The highest BCUT2D eigenvalue weighted by atomic mass is 16.5.